The number of fused-ring (bicyclic) bond motifs is 1. The van der Waals surface area contributed by atoms with Crippen LogP contribution in [0, 0.1) is 6.92 Å². The first-order chi connectivity index (χ1) is 5.27. The molecule has 0 fully saturated rings. The molecule has 2 aromatic rings. The van der Waals surface area contributed by atoms with E-state index in [9.17, 15) is 0 Å². The van der Waals surface area contributed by atoms with Crippen molar-refractivity contribution in [2.45, 2.75) is 6.92 Å². The Morgan fingerprint density at radius 3 is 3.00 bits per heavy atom. The third kappa shape index (κ3) is 0.932. The third-order valence-corrected chi connectivity index (χ3v) is 1.52. The smallest absolute Gasteiger partial charge is 0.180 e. The second-order valence-corrected chi connectivity index (χ2v) is 2.43. The van der Waals surface area contributed by atoms with E-state index in [1.807, 2.05) is 0 Å². The van der Waals surface area contributed by atoms with Crippen molar-refractivity contribution in [3.05, 3.63) is 11.0 Å². The molecular weight excluding hydrogens is 166 g/mol. The average Bonchev–Trinajstić information content (AvgIpc) is 2.34. The zero-order valence-electron chi connectivity index (χ0n) is 5.67. The molecule has 0 saturated carbocycles. The number of nitrogens with one attached hydrogen (secondary N) is 1. The minimum atomic E-state index is 0.334. The summed E-state index contributed by atoms with van der Waals surface area (Å²) in [5.41, 5.74) is 1.08. The zero-order chi connectivity index (χ0) is 7.84. The summed E-state index contributed by atoms with van der Waals surface area (Å²) in [5, 5.41) is 10.2. The Morgan fingerprint density at radius 1 is 1.36 bits per heavy atom. The molecule has 0 unspecified atom stereocenters. The molecular formula is C5H4ClN5. The molecule has 56 valence electrons. The molecule has 0 spiro atoms. The van der Waals surface area contributed by atoms with Gasteiger partial charge < -0.3 is 0 Å². The highest BCUT2D eigenvalue weighted by molar-refractivity contribution is 6.33. The Hall–Kier alpha value is -1.23. The normalized spacial score (nSPS) is 10.7. The van der Waals surface area contributed by atoms with E-state index in [4.69, 9.17) is 11.6 Å². The van der Waals surface area contributed by atoms with Crippen molar-refractivity contribution in [1.29, 1.82) is 0 Å². The van der Waals surface area contributed by atoms with Gasteiger partial charge >= 0.3 is 0 Å². The van der Waals surface area contributed by atoms with Crippen molar-refractivity contribution >= 4 is 22.8 Å². The first kappa shape index (κ1) is 6.48. The van der Waals surface area contributed by atoms with Crippen LogP contribution >= 0.6 is 11.6 Å². The number of aromatic nitrogens is 5. The monoisotopic (exact) mass is 169 g/mol. The number of hydrogen-bond donors (Lipinski definition) is 1. The molecule has 0 amide bonds. The standard InChI is InChI=1S/C5H4ClN5/c1-2-7-4(6)3-5(8-2)10-11-9-3/h1H3,(H,7,8,9,10,11). The fourth-order valence-electron chi connectivity index (χ4n) is 0.821. The molecule has 5 nitrogen and oxygen atoms in total. The maximum absolute atomic E-state index is 5.73. The highest BCUT2D eigenvalue weighted by atomic mass is 35.5. The zero-order valence-corrected chi connectivity index (χ0v) is 6.42. The van der Waals surface area contributed by atoms with E-state index in [-0.39, 0.29) is 0 Å². The van der Waals surface area contributed by atoms with E-state index in [1.54, 1.807) is 6.92 Å². The third-order valence-electron chi connectivity index (χ3n) is 1.26. The maximum atomic E-state index is 5.73. The summed E-state index contributed by atoms with van der Waals surface area (Å²) in [6.45, 7) is 1.76. The molecule has 0 aliphatic rings. The minimum Gasteiger partial charge on any atom is -0.240 e. The quantitative estimate of drug-likeness (QED) is 0.590. The summed E-state index contributed by atoms with van der Waals surface area (Å²) < 4.78 is 0. The van der Waals surface area contributed by atoms with Gasteiger partial charge in [-0.1, -0.05) is 16.8 Å². The minimum absolute atomic E-state index is 0.334. The summed E-state index contributed by atoms with van der Waals surface area (Å²) in [4.78, 5) is 7.93. The molecule has 6 heteroatoms. The van der Waals surface area contributed by atoms with Crippen LogP contribution in [0.1, 0.15) is 5.82 Å². The van der Waals surface area contributed by atoms with Crippen LogP contribution in [0.3, 0.4) is 0 Å². The van der Waals surface area contributed by atoms with Gasteiger partial charge in [0, 0.05) is 0 Å². The number of hydrogen-bond acceptors (Lipinski definition) is 4. The lowest BCUT2D eigenvalue weighted by molar-refractivity contribution is 0.953. The van der Waals surface area contributed by atoms with Crippen LogP contribution in [0.25, 0.3) is 11.2 Å². The fourth-order valence-corrected chi connectivity index (χ4v) is 1.07. The highest BCUT2D eigenvalue weighted by Crippen LogP contribution is 2.14. The number of halogens is 1. The summed E-state index contributed by atoms with van der Waals surface area (Å²) in [6, 6.07) is 0. The molecule has 2 aromatic heterocycles. The second-order valence-electron chi connectivity index (χ2n) is 2.07. The Kier molecular flexibility index (Phi) is 1.25. The van der Waals surface area contributed by atoms with Gasteiger partial charge in [-0.15, -0.1) is 5.10 Å². The van der Waals surface area contributed by atoms with Crippen molar-refractivity contribution in [1.82, 2.24) is 25.4 Å². The predicted octanol–water partition coefficient (Wildman–Crippen LogP) is 0.710. The largest absolute Gasteiger partial charge is 0.240 e. The van der Waals surface area contributed by atoms with Gasteiger partial charge in [0.25, 0.3) is 0 Å². The highest BCUT2D eigenvalue weighted by Gasteiger charge is 2.05. The van der Waals surface area contributed by atoms with Gasteiger partial charge in [-0.2, -0.15) is 0 Å². The van der Waals surface area contributed by atoms with E-state index in [1.165, 1.54) is 0 Å². The maximum Gasteiger partial charge on any atom is 0.180 e. The molecule has 0 aliphatic heterocycles. The molecule has 11 heavy (non-hydrogen) atoms. The molecule has 1 N–H and O–H groups in total. The van der Waals surface area contributed by atoms with Crippen molar-refractivity contribution in [2.24, 2.45) is 0 Å². The van der Waals surface area contributed by atoms with Crippen LogP contribution in [0.4, 0.5) is 0 Å². The first-order valence-corrected chi connectivity index (χ1v) is 3.36. The van der Waals surface area contributed by atoms with Crippen molar-refractivity contribution in [3.8, 4) is 0 Å². The van der Waals surface area contributed by atoms with Crippen LogP contribution in [0.5, 0.6) is 0 Å². The predicted molar refractivity (Wildman–Crippen MR) is 39.2 cm³/mol. The van der Waals surface area contributed by atoms with E-state index in [0.717, 1.165) is 0 Å². The summed E-state index contributed by atoms with van der Waals surface area (Å²) >= 11 is 5.73. The fraction of sp³-hybridized carbons (Fsp3) is 0.200. The topological polar surface area (TPSA) is 67.3 Å². The lowest BCUT2D eigenvalue weighted by Gasteiger charge is -1.91. The Balaban J connectivity index is 2.91. The lowest BCUT2D eigenvalue weighted by atomic mass is 10.5. The van der Waals surface area contributed by atoms with Crippen LogP contribution in [0.2, 0.25) is 5.15 Å². The molecule has 0 aliphatic carbocycles. The molecule has 2 heterocycles. The average molecular weight is 170 g/mol. The van der Waals surface area contributed by atoms with Crippen LogP contribution < -0.4 is 0 Å². The summed E-state index contributed by atoms with van der Waals surface area (Å²) in [7, 11) is 0. The van der Waals surface area contributed by atoms with Crippen molar-refractivity contribution in [2.75, 3.05) is 0 Å². The summed E-state index contributed by atoms with van der Waals surface area (Å²) in [6.07, 6.45) is 0. The van der Waals surface area contributed by atoms with Crippen LogP contribution in [-0.4, -0.2) is 25.4 Å². The van der Waals surface area contributed by atoms with Gasteiger partial charge in [0.1, 0.15) is 5.82 Å². The van der Waals surface area contributed by atoms with Gasteiger partial charge in [-0.25, -0.2) is 15.1 Å². The second kappa shape index (κ2) is 2.13. The number of aryl methyl sites for hydroxylation is 1. The van der Waals surface area contributed by atoms with Gasteiger partial charge in [-0.05, 0) is 6.92 Å². The SMILES string of the molecule is Cc1nc(Cl)c2nn[nH]c2n1. The number of nitrogens with zero attached hydrogens (tertiary/aromatic N) is 4. The van der Waals surface area contributed by atoms with Crippen molar-refractivity contribution in [3.63, 3.8) is 0 Å². The molecule has 0 bridgehead atoms. The van der Waals surface area contributed by atoms with E-state index >= 15 is 0 Å². The molecule has 0 aromatic carbocycles. The molecule has 0 radical (unpaired) electrons. The lowest BCUT2D eigenvalue weighted by Crippen LogP contribution is -1.88. The van der Waals surface area contributed by atoms with Gasteiger partial charge in [-0.3, -0.25) is 0 Å². The van der Waals surface area contributed by atoms with Gasteiger partial charge in [0.2, 0.25) is 0 Å². The summed E-state index contributed by atoms with van der Waals surface area (Å²) in [5.74, 6) is 0.605. The Labute approximate surface area is 66.8 Å². The van der Waals surface area contributed by atoms with Gasteiger partial charge in [0.15, 0.2) is 16.3 Å². The number of rotatable bonds is 0. The Bertz CT molecular complexity index is 395. The van der Waals surface area contributed by atoms with E-state index in [2.05, 4.69) is 25.4 Å². The van der Waals surface area contributed by atoms with E-state index < -0.39 is 0 Å². The number of H-pyrrole nitrogens is 1. The molecule has 0 atom stereocenters. The number of aromatic amines is 1. The van der Waals surface area contributed by atoms with E-state index in [0.29, 0.717) is 22.1 Å². The first-order valence-electron chi connectivity index (χ1n) is 2.98. The Morgan fingerprint density at radius 2 is 2.18 bits per heavy atom. The van der Waals surface area contributed by atoms with Crippen molar-refractivity contribution < 1.29 is 0 Å². The molecule has 2 rings (SSSR count). The molecule has 0 saturated heterocycles. The van der Waals surface area contributed by atoms with Crippen LogP contribution in [0.15, 0.2) is 0 Å². The van der Waals surface area contributed by atoms with Crippen LogP contribution in [-0.2, 0) is 0 Å². The van der Waals surface area contributed by atoms with Gasteiger partial charge in [0.05, 0.1) is 0 Å².